The second-order valence-corrected chi connectivity index (χ2v) is 4.54. The van der Waals surface area contributed by atoms with Crippen molar-refractivity contribution in [1.29, 1.82) is 0 Å². The Kier molecular flexibility index (Phi) is 4.29. The molecule has 20 heavy (non-hydrogen) atoms. The number of nitrogens with one attached hydrogen (secondary N) is 1. The highest BCUT2D eigenvalue weighted by atomic mass is 16.6. The highest BCUT2D eigenvalue weighted by molar-refractivity contribution is 5.77. The summed E-state index contributed by atoms with van der Waals surface area (Å²) in [6.45, 7) is 0.0554. The number of aldehydes is 1. The van der Waals surface area contributed by atoms with Gasteiger partial charge in [0.05, 0.1) is 18.0 Å². The number of ether oxygens (including phenoxy) is 1. The molecule has 7 nitrogen and oxygen atoms in total. The summed E-state index contributed by atoms with van der Waals surface area (Å²) >= 11 is 0. The molecule has 1 aliphatic carbocycles. The number of amides is 1. The van der Waals surface area contributed by atoms with E-state index in [1.54, 1.807) is 0 Å². The predicted molar refractivity (Wildman–Crippen MR) is 69.8 cm³/mol. The summed E-state index contributed by atoms with van der Waals surface area (Å²) in [7, 11) is 0. The van der Waals surface area contributed by atoms with Crippen molar-refractivity contribution in [3.05, 3.63) is 33.9 Å². The molecule has 0 aliphatic heterocycles. The van der Waals surface area contributed by atoms with Crippen LogP contribution in [0.1, 0.15) is 29.6 Å². The van der Waals surface area contributed by atoms with Crippen LogP contribution in [0.3, 0.4) is 0 Å². The monoisotopic (exact) mass is 278 g/mol. The van der Waals surface area contributed by atoms with Crippen molar-refractivity contribution in [3.8, 4) is 5.75 Å². The topological polar surface area (TPSA) is 98.5 Å². The molecule has 0 heterocycles. The van der Waals surface area contributed by atoms with Crippen LogP contribution < -0.4 is 10.1 Å². The molecule has 0 atom stereocenters. The third kappa shape index (κ3) is 3.78. The second kappa shape index (κ2) is 6.14. The molecule has 0 bridgehead atoms. The van der Waals surface area contributed by atoms with Crippen molar-refractivity contribution in [3.63, 3.8) is 0 Å². The van der Waals surface area contributed by atoms with Crippen LogP contribution >= 0.6 is 0 Å². The van der Waals surface area contributed by atoms with Gasteiger partial charge in [0.2, 0.25) is 5.91 Å². The maximum absolute atomic E-state index is 11.4. The molecular weight excluding hydrogens is 264 g/mol. The van der Waals surface area contributed by atoms with Gasteiger partial charge in [-0.05, 0) is 25.0 Å². The predicted octanol–water partition coefficient (Wildman–Crippen LogP) is 1.45. The van der Waals surface area contributed by atoms with E-state index in [2.05, 4.69) is 5.32 Å². The zero-order chi connectivity index (χ0) is 14.5. The first-order chi connectivity index (χ1) is 9.60. The van der Waals surface area contributed by atoms with Crippen molar-refractivity contribution >= 4 is 17.9 Å². The zero-order valence-electron chi connectivity index (χ0n) is 10.7. The lowest BCUT2D eigenvalue weighted by molar-refractivity contribution is -0.385. The van der Waals surface area contributed by atoms with Crippen LogP contribution in [0.25, 0.3) is 0 Å². The van der Waals surface area contributed by atoms with Crippen molar-refractivity contribution in [2.75, 3.05) is 6.61 Å². The largest absolute Gasteiger partial charge is 0.486 e. The van der Waals surface area contributed by atoms with Gasteiger partial charge in [-0.25, -0.2) is 0 Å². The SMILES string of the molecule is O=Cc1ccc(OCCC(=O)NC2CC2)c([N+](=O)[O-])c1. The van der Waals surface area contributed by atoms with Crippen LogP contribution in [-0.2, 0) is 4.79 Å². The minimum Gasteiger partial charge on any atom is -0.486 e. The van der Waals surface area contributed by atoms with Crippen LogP contribution in [0.2, 0.25) is 0 Å². The van der Waals surface area contributed by atoms with Crippen molar-refractivity contribution in [1.82, 2.24) is 5.32 Å². The molecular formula is C13H14N2O5. The number of hydrogen-bond donors (Lipinski definition) is 1. The third-order valence-corrected chi connectivity index (χ3v) is 2.84. The molecule has 0 spiro atoms. The Morgan fingerprint density at radius 3 is 2.85 bits per heavy atom. The maximum atomic E-state index is 11.4. The molecule has 1 fully saturated rings. The summed E-state index contributed by atoms with van der Waals surface area (Å²) in [5, 5.41) is 13.7. The minimum atomic E-state index is -0.618. The first-order valence-corrected chi connectivity index (χ1v) is 6.26. The lowest BCUT2D eigenvalue weighted by atomic mass is 10.2. The molecule has 0 unspecified atom stereocenters. The number of carbonyl (C=O) groups excluding carboxylic acids is 2. The fraction of sp³-hybridized carbons (Fsp3) is 0.385. The van der Waals surface area contributed by atoms with Gasteiger partial charge in [0.15, 0.2) is 5.75 Å². The molecule has 1 aromatic carbocycles. The van der Waals surface area contributed by atoms with Gasteiger partial charge in [-0.2, -0.15) is 0 Å². The summed E-state index contributed by atoms with van der Waals surface area (Å²) in [6, 6.07) is 4.22. The molecule has 0 saturated heterocycles. The van der Waals surface area contributed by atoms with E-state index in [1.165, 1.54) is 12.1 Å². The summed E-state index contributed by atoms with van der Waals surface area (Å²) in [5.41, 5.74) is -0.0762. The summed E-state index contributed by atoms with van der Waals surface area (Å²) in [4.78, 5) is 32.3. The van der Waals surface area contributed by atoms with Gasteiger partial charge in [0, 0.05) is 17.7 Å². The van der Waals surface area contributed by atoms with E-state index in [0.717, 1.165) is 18.9 Å². The first-order valence-electron chi connectivity index (χ1n) is 6.26. The van der Waals surface area contributed by atoms with Gasteiger partial charge in [0.1, 0.15) is 6.29 Å². The van der Waals surface area contributed by atoms with Gasteiger partial charge in [-0.1, -0.05) is 0 Å². The number of carbonyl (C=O) groups is 2. The molecule has 1 amide bonds. The van der Waals surface area contributed by atoms with Crippen LogP contribution in [0.4, 0.5) is 5.69 Å². The maximum Gasteiger partial charge on any atom is 0.311 e. The zero-order valence-corrected chi connectivity index (χ0v) is 10.7. The lowest BCUT2D eigenvalue weighted by Crippen LogP contribution is -2.26. The molecule has 2 rings (SSSR count). The average Bonchev–Trinajstić information content (AvgIpc) is 3.22. The Morgan fingerprint density at radius 2 is 2.25 bits per heavy atom. The Morgan fingerprint density at radius 1 is 1.50 bits per heavy atom. The summed E-state index contributed by atoms with van der Waals surface area (Å²) in [6.07, 6.45) is 2.68. The van der Waals surface area contributed by atoms with Gasteiger partial charge < -0.3 is 10.1 Å². The van der Waals surface area contributed by atoms with Crippen molar-refractivity contribution in [2.45, 2.75) is 25.3 Å². The molecule has 1 aliphatic rings. The standard InChI is InChI=1S/C13H14N2O5/c16-8-9-1-4-12(11(7-9)15(18)19)20-6-5-13(17)14-10-2-3-10/h1,4,7-8,10H,2-3,5-6H2,(H,14,17). The van der Waals surface area contributed by atoms with E-state index in [1.807, 2.05) is 0 Å². The van der Waals surface area contributed by atoms with Crippen molar-refractivity contribution in [2.24, 2.45) is 0 Å². The number of benzene rings is 1. The summed E-state index contributed by atoms with van der Waals surface area (Å²) in [5.74, 6) is -0.0699. The van der Waals surface area contributed by atoms with E-state index < -0.39 is 4.92 Å². The molecule has 0 radical (unpaired) electrons. The van der Waals surface area contributed by atoms with E-state index in [0.29, 0.717) is 6.29 Å². The molecule has 7 heteroatoms. The Labute approximate surface area is 115 Å². The van der Waals surface area contributed by atoms with Gasteiger partial charge >= 0.3 is 5.69 Å². The fourth-order valence-electron chi connectivity index (χ4n) is 1.65. The number of nitro benzene ring substituents is 1. The Balaban J connectivity index is 1.92. The highest BCUT2D eigenvalue weighted by Crippen LogP contribution is 2.27. The Bertz CT molecular complexity index is 540. The highest BCUT2D eigenvalue weighted by Gasteiger charge is 2.23. The van der Waals surface area contributed by atoms with Crippen LogP contribution in [-0.4, -0.2) is 29.8 Å². The van der Waals surface area contributed by atoms with E-state index in [4.69, 9.17) is 4.74 Å². The van der Waals surface area contributed by atoms with E-state index in [-0.39, 0.29) is 42.0 Å². The van der Waals surface area contributed by atoms with E-state index >= 15 is 0 Å². The molecule has 0 aromatic heterocycles. The molecule has 106 valence electrons. The smallest absolute Gasteiger partial charge is 0.311 e. The van der Waals surface area contributed by atoms with E-state index in [9.17, 15) is 19.7 Å². The average molecular weight is 278 g/mol. The number of hydrogen-bond acceptors (Lipinski definition) is 5. The van der Waals surface area contributed by atoms with Crippen LogP contribution in [0.15, 0.2) is 18.2 Å². The lowest BCUT2D eigenvalue weighted by Gasteiger charge is -2.07. The van der Waals surface area contributed by atoms with Crippen molar-refractivity contribution < 1.29 is 19.2 Å². The van der Waals surface area contributed by atoms with Gasteiger partial charge in [-0.15, -0.1) is 0 Å². The number of rotatable bonds is 7. The Hall–Kier alpha value is -2.44. The quantitative estimate of drug-likeness (QED) is 0.462. The number of nitrogens with zero attached hydrogens (tertiary/aromatic N) is 1. The number of nitro groups is 1. The van der Waals surface area contributed by atoms with Gasteiger partial charge in [-0.3, -0.25) is 19.7 Å². The minimum absolute atomic E-state index is 0.0554. The van der Waals surface area contributed by atoms with Gasteiger partial charge in [0.25, 0.3) is 0 Å². The normalized spacial score (nSPS) is 13.6. The van der Waals surface area contributed by atoms with Crippen LogP contribution in [0, 0.1) is 10.1 Å². The summed E-state index contributed by atoms with van der Waals surface area (Å²) < 4.78 is 5.25. The third-order valence-electron chi connectivity index (χ3n) is 2.84. The molecule has 1 aromatic rings. The first kappa shape index (κ1) is 14.0. The fourth-order valence-corrected chi connectivity index (χ4v) is 1.65. The molecule has 1 N–H and O–H groups in total. The van der Waals surface area contributed by atoms with Crippen LogP contribution in [0.5, 0.6) is 5.75 Å². The molecule has 1 saturated carbocycles. The second-order valence-electron chi connectivity index (χ2n) is 4.54.